The molecule has 1 saturated heterocycles. The molecule has 0 unspecified atom stereocenters. The van der Waals surface area contributed by atoms with Gasteiger partial charge in [-0.25, -0.2) is 0 Å². The Morgan fingerprint density at radius 1 is 1.50 bits per heavy atom. The van der Waals surface area contributed by atoms with E-state index in [4.69, 9.17) is 0 Å². The van der Waals surface area contributed by atoms with Crippen molar-refractivity contribution in [3.05, 3.63) is 24.0 Å². The number of nitrogens with zero attached hydrogens (tertiary/aromatic N) is 2. The van der Waals surface area contributed by atoms with Crippen LogP contribution in [0.25, 0.3) is 0 Å². The zero-order chi connectivity index (χ0) is 16.3. The Morgan fingerprint density at radius 3 is 2.91 bits per heavy atom. The van der Waals surface area contributed by atoms with Crippen molar-refractivity contribution >= 4 is 22.3 Å². The Hall–Kier alpha value is -2.23. The van der Waals surface area contributed by atoms with Crippen molar-refractivity contribution in [2.24, 2.45) is 0 Å². The highest BCUT2D eigenvalue weighted by molar-refractivity contribution is 7.81. The van der Waals surface area contributed by atoms with Gasteiger partial charge < -0.3 is 14.4 Å². The van der Waals surface area contributed by atoms with Crippen LogP contribution >= 0.6 is 0 Å². The van der Waals surface area contributed by atoms with Gasteiger partial charge in [-0.05, 0) is 19.4 Å². The molecule has 1 aliphatic heterocycles. The molecule has 2 heterocycles. The average Bonchev–Trinajstić information content (AvgIpc) is 2.59. The third-order valence-electron chi connectivity index (χ3n) is 3.14. The highest BCUT2D eigenvalue weighted by atomic mass is 32.3. The minimum Gasteiger partial charge on any atom is -0.357 e. The molecule has 0 saturated carbocycles. The maximum absolute atomic E-state index is 12.5. The predicted molar refractivity (Wildman–Crippen MR) is 73.0 cm³/mol. The number of rotatable bonds is 3. The quantitative estimate of drug-likeness (QED) is 0.783. The van der Waals surface area contributed by atoms with Gasteiger partial charge in [0.2, 0.25) is 5.91 Å². The van der Waals surface area contributed by atoms with E-state index in [9.17, 15) is 21.9 Å². The summed E-state index contributed by atoms with van der Waals surface area (Å²) in [7, 11) is -5.20. The first-order valence-corrected chi connectivity index (χ1v) is 7.76. The SMILES string of the molecule is C[C@H]1C(=O)NCCCN1C(=O)c1cncc(OS(=O)(=O)F)c1. The van der Waals surface area contributed by atoms with Gasteiger partial charge in [0.05, 0.1) is 11.8 Å². The van der Waals surface area contributed by atoms with E-state index in [-0.39, 0.29) is 11.5 Å². The lowest BCUT2D eigenvalue weighted by Gasteiger charge is -2.25. The predicted octanol–water partition coefficient (Wildman–Crippen LogP) is 0.0253. The normalized spacial score (nSPS) is 19.3. The maximum atomic E-state index is 12.5. The van der Waals surface area contributed by atoms with Gasteiger partial charge in [-0.15, -0.1) is 0 Å². The fourth-order valence-corrected chi connectivity index (χ4v) is 2.40. The highest BCUT2D eigenvalue weighted by Gasteiger charge is 2.29. The Kier molecular flexibility index (Phi) is 4.59. The van der Waals surface area contributed by atoms with E-state index in [1.807, 2.05) is 0 Å². The van der Waals surface area contributed by atoms with Gasteiger partial charge in [-0.2, -0.15) is 8.42 Å². The molecule has 120 valence electrons. The topological polar surface area (TPSA) is 106 Å². The van der Waals surface area contributed by atoms with Crippen molar-refractivity contribution in [3.63, 3.8) is 0 Å². The highest BCUT2D eigenvalue weighted by Crippen LogP contribution is 2.17. The molecule has 1 atom stereocenters. The van der Waals surface area contributed by atoms with Gasteiger partial charge in [0.25, 0.3) is 5.91 Å². The lowest BCUT2D eigenvalue weighted by molar-refractivity contribution is -0.124. The number of aromatic nitrogens is 1. The molecule has 8 nitrogen and oxygen atoms in total. The minimum absolute atomic E-state index is 0.00250. The van der Waals surface area contributed by atoms with E-state index in [2.05, 4.69) is 14.5 Å². The van der Waals surface area contributed by atoms with E-state index in [0.29, 0.717) is 19.5 Å². The van der Waals surface area contributed by atoms with Crippen LogP contribution in [-0.4, -0.2) is 49.2 Å². The van der Waals surface area contributed by atoms with Crippen LogP contribution in [0.15, 0.2) is 18.5 Å². The largest absolute Gasteiger partial charge is 0.488 e. The van der Waals surface area contributed by atoms with Crippen LogP contribution in [0.4, 0.5) is 3.89 Å². The van der Waals surface area contributed by atoms with Crippen LogP contribution in [-0.2, 0) is 15.3 Å². The van der Waals surface area contributed by atoms with Gasteiger partial charge >= 0.3 is 10.5 Å². The van der Waals surface area contributed by atoms with Gasteiger partial charge in [0.1, 0.15) is 6.04 Å². The van der Waals surface area contributed by atoms with Crippen LogP contribution < -0.4 is 9.50 Å². The molecular weight excluding hydrogens is 317 g/mol. The molecule has 0 aliphatic carbocycles. The molecule has 1 aromatic rings. The molecule has 0 spiro atoms. The molecule has 10 heteroatoms. The molecule has 0 aromatic carbocycles. The monoisotopic (exact) mass is 331 g/mol. The third-order valence-corrected chi connectivity index (χ3v) is 3.53. The van der Waals surface area contributed by atoms with E-state index in [1.54, 1.807) is 6.92 Å². The number of carbonyl (C=O) groups excluding carboxylic acids is 2. The number of amides is 2. The summed E-state index contributed by atoms with van der Waals surface area (Å²) in [6.07, 6.45) is 2.74. The van der Waals surface area contributed by atoms with Crippen molar-refractivity contribution in [1.29, 1.82) is 0 Å². The zero-order valence-electron chi connectivity index (χ0n) is 11.7. The lowest BCUT2D eigenvalue weighted by atomic mass is 10.2. The molecule has 1 aromatic heterocycles. The van der Waals surface area contributed by atoms with E-state index >= 15 is 0 Å². The molecule has 2 amide bonds. The third kappa shape index (κ3) is 3.91. The molecule has 2 rings (SSSR count). The maximum Gasteiger partial charge on any atom is 0.488 e. The fraction of sp³-hybridized carbons (Fsp3) is 0.417. The summed E-state index contributed by atoms with van der Waals surface area (Å²) in [6.45, 7) is 2.40. The van der Waals surface area contributed by atoms with Crippen LogP contribution in [0.3, 0.4) is 0 Å². The zero-order valence-corrected chi connectivity index (χ0v) is 12.5. The smallest absolute Gasteiger partial charge is 0.357 e. The van der Waals surface area contributed by atoms with E-state index in [0.717, 1.165) is 12.3 Å². The van der Waals surface area contributed by atoms with Crippen molar-refractivity contribution in [2.75, 3.05) is 13.1 Å². The fourth-order valence-electron chi connectivity index (χ4n) is 2.08. The number of halogens is 1. The molecule has 1 fully saturated rings. The summed E-state index contributed by atoms with van der Waals surface area (Å²) in [5.41, 5.74) is 0.00250. The Balaban J connectivity index is 2.25. The summed E-state index contributed by atoms with van der Waals surface area (Å²) in [5.74, 6) is -1.21. The van der Waals surface area contributed by atoms with Gasteiger partial charge in [0, 0.05) is 19.3 Å². The molecule has 0 radical (unpaired) electrons. The van der Waals surface area contributed by atoms with Gasteiger partial charge in [-0.3, -0.25) is 14.6 Å². The molecule has 0 bridgehead atoms. The Morgan fingerprint density at radius 2 is 2.23 bits per heavy atom. The number of hydrogen-bond donors (Lipinski definition) is 1. The molecular formula is C12H14FN3O5S. The Labute approximate surface area is 126 Å². The van der Waals surface area contributed by atoms with Crippen LogP contribution in [0, 0.1) is 0 Å². The number of pyridine rings is 1. The standard InChI is InChI=1S/C12H14FN3O5S/c1-8-11(17)15-3-2-4-16(8)12(18)9-5-10(7-14-6-9)21-22(13,19)20/h5-8H,2-4H2,1H3,(H,15,17)/t8-/m0/s1. The summed E-state index contributed by atoms with van der Waals surface area (Å²) < 4.78 is 37.5. The second-order valence-corrected chi connectivity index (χ2v) is 5.66. The number of hydrogen-bond acceptors (Lipinski definition) is 6. The molecule has 1 N–H and O–H groups in total. The summed E-state index contributed by atoms with van der Waals surface area (Å²) >= 11 is 0. The van der Waals surface area contributed by atoms with Crippen molar-refractivity contribution < 1.29 is 26.1 Å². The van der Waals surface area contributed by atoms with Crippen LogP contribution in [0.2, 0.25) is 0 Å². The van der Waals surface area contributed by atoms with Gasteiger partial charge in [-0.1, -0.05) is 3.89 Å². The summed E-state index contributed by atoms with van der Waals surface area (Å²) in [4.78, 5) is 29.2. The second kappa shape index (κ2) is 6.26. The minimum atomic E-state index is -5.20. The average molecular weight is 331 g/mol. The van der Waals surface area contributed by atoms with Crippen molar-refractivity contribution in [3.8, 4) is 5.75 Å². The molecule has 22 heavy (non-hydrogen) atoms. The summed E-state index contributed by atoms with van der Waals surface area (Å²) in [5, 5.41) is 2.67. The Bertz CT molecular complexity index is 694. The molecule has 1 aliphatic rings. The summed E-state index contributed by atoms with van der Waals surface area (Å²) in [6, 6.07) is 0.381. The first kappa shape index (κ1) is 16.1. The van der Waals surface area contributed by atoms with E-state index in [1.165, 1.54) is 11.1 Å². The van der Waals surface area contributed by atoms with Crippen molar-refractivity contribution in [1.82, 2.24) is 15.2 Å². The van der Waals surface area contributed by atoms with Crippen LogP contribution in [0.5, 0.6) is 5.75 Å². The first-order chi connectivity index (χ1) is 10.3. The number of carbonyl (C=O) groups is 2. The first-order valence-electron chi connectivity index (χ1n) is 6.46. The van der Waals surface area contributed by atoms with Crippen molar-refractivity contribution in [2.45, 2.75) is 19.4 Å². The van der Waals surface area contributed by atoms with Gasteiger partial charge in [0.15, 0.2) is 5.75 Å². The second-order valence-electron chi connectivity index (χ2n) is 4.70. The number of nitrogens with one attached hydrogen (secondary N) is 1. The lowest BCUT2D eigenvalue weighted by Crippen LogP contribution is -2.45. The van der Waals surface area contributed by atoms with E-state index < -0.39 is 28.2 Å². The van der Waals surface area contributed by atoms with Crippen LogP contribution in [0.1, 0.15) is 23.7 Å².